The van der Waals surface area contributed by atoms with E-state index in [1.54, 1.807) is 0 Å². The molecule has 0 heterocycles. The third kappa shape index (κ3) is 4.40. The molecule has 3 N–H and O–H groups in total. The minimum absolute atomic E-state index is 0.0153. The van der Waals surface area contributed by atoms with Crippen molar-refractivity contribution in [1.29, 1.82) is 0 Å². The van der Waals surface area contributed by atoms with Crippen LogP contribution in [0.2, 0.25) is 10.0 Å². The van der Waals surface area contributed by atoms with Crippen LogP contribution in [0.4, 0.5) is 24.5 Å². The van der Waals surface area contributed by atoms with E-state index in [0.717, 1.165) is 6.07 Å². The standard InChI is InChI=1S/C14H9Cl2F3N2OS/c15-7-5-9(16)12(22)11(6-7)21-13(23)20-10-4-2-1-3-8(10)14(17,18)19/h1-6,22H,(H2,20,21,23). The van der Waals surface area contributed by atoms with Crippen LogP contribution in [0.1, 0.15) is 5.56 Å². The Morgan fingerprint density at radius 3 is 2.30 bits per heavy atom. The second-order valence-corrected chi connectivity index (χ2v) is 5.66. The Morgan fingerprint density at radius 1 is 1.04 bits per heavy atom. The lowest BCUT2D eigenvalue weighted by atomic mass is 10.1. The predicted octanol–water partition coefficient (Wildman–Crippen LogP) is 5.53. The van der Waals surface area contributed by atoms with Crippen molar-refractivity contribution in [3.8, 4) is 5.75 Å². The highest BCUT2D eigenvalue weighted by Gasteiger charge is 2.33. The third-order valence-electron chi connectivity index (χ3n) is 2.76. The van der Waals surface area contributed by atoms with E-state index < -0.39 is 11.7 Å². The lowest BCUT2D eigenvalue weighted by Gasteiger charge is -2.16. The highest BCUT2D eigenvalue weighted by atomic mass is 35.5. The number of thiocarbonyl (C=S) groups is 1. The first-order valence-electron chi connectivity index (χ1n) is 6.10. The first-order valence-corrected chi connectivity index (χ1v) is 7.27. The summed E-state index contributed by atoms with van der Waals surface area (Å²) in [6.07, 6.45) is -4.53. The maximum Gasteiger partial charge on any atom is 0.418 e. The van der Waals surface area contributed by atoms with E-state index in [2.05, 4.69) is 10.6 Å². The second kappa shape index (κ2) is 6.82. The van der Waals surface area contributed by atoms with Crippen LogP contribution < -0.4 is 10.6 Å². The van der Waals surface area contributed by atoms with Gasteiger partial charge in [-0.25, -0.2) is 0 Å². The molecule has 0 radical (unpaired) electrons. The lowest BCUT2D eigenvalue weighted by molar-refractivity contribution is -0.136. The fourth-order valence-electron chi connectivity index (χ4n) is 1.78. The summed E-state index contributed by atoms with van der Waals surface area (Å²) in [5.41, 5.74) is -1.01. The molecule has 0 aromatic heterocycles. The molecule has 0 bridgehead atoms. The number of nitrogens with one attached hydrogen (secondary N) is 2. The number of rotatable bonds is 2. The molecule has 2 aromatic rings. The number of hydrogen-bond acceptors (Lipinski definition) is 2. The summed E-state index contributed by atoms with van der Waals surface area (Å²) in [6.45, 7) is 0. The number of aromatic hydroxyl groups is 1. The number of alkyl halides is 3. The molecule has 9 heteroatoms. The molecule has 0 aliphatic heterocycles. The quantitative estimate of drug-likeness (QED) is 0.473. The molecule has 2 aromatic carbocycles. The molecule has 0 amide bonds. The van der Waals surface area contributed by atoms with E-state index in [0.29, 0.717) is 0 Å². The van der Waals surface area contributed by atoms with E-state index in [1.807, 2.05) is 0 Å². The third-order valence-corrected chi connectivity index (χ3v) is 3.47. The van der Waals surface area contributed by atoms with Gasteiger partial charge in [0.2, 0.25) is 0 Å². The van der Waals surface area contributed by atoms with Gasteiger partial charge in [0.1, 0.15) is 0 Å². The van der Waals surface area contributed by atoms with Gasteiger partial charge < -0.3 is 15.7 Å². The Labute approximate surface area is 145 Å². The van der Waals surface area contributed by atoms with Crippen molar-refractivity contribution < 1.29 is 18.3 Å². The van der Waals surface area contributed by atoms with E-state index in [4.69, 9.17) is 35.4 Å². The lowest BCUT2D eigenvalue weighted by Crippen LogP contribution is -2.21. The van der Waals surface area contributed by atoms with Gasteiger partial charge in [0.05, 0.1) is 22.0 Å². The van der Waals surface area contributed by atoms with E-state index in [1.165, 1.54) is 30.3 Å². The van der Waals surface area contributed by atoms with Gasteiger partial charge in [0.15, 0.2) is 10.9 Å². The summed E-state index contributed by atoms with van der Waals surface area (Å²) < 4.78 is 38.8. The normalized spacial score (nSPS) is 11.2. The van der Waals surface area contributed by atoms with E-state index in [-0.39, 0.29) is 32.3 Å². The zero-order valence-electron chi connectivity index (χ0n) is 11.2. The first kappa shape index (κ1) is 17.7. The molecule has 0 saturated carbocycles. The Balaban J connectivity index is 2.22. The van der Waals surface area contributed by atoms with Crippen molar-refractivity contribution in [2.24, 2.45) is 0 Å². The number of para-hydroxylation sites is 1. The Morgan fingerprint density at radius 2 is 1.65 bits per heavy atom. The number of benzene rings is 2. The van der Waals surface area contributed by atoms with Crippen molar-refractivity contribution in [2.45, 2.75) is 6.18 Å². The van der Waals surface area contributed by atoms with Gasteiger partial charge in [-0.05, 0) is 36.5 Å². The zero-order valence-corrected chi connectivity index (χ0v) is 13.5. The van der Waals surface area contributed by atoms with Crippen molar-refractivity contribution in [3.63, 3.8) is 0 Å². The van der Waals surface area contributed by atoms with Crippen LogP contribution in [0.5, 0.6) is 5.75 Å². The highest BCUT2D eigenvalue weighted by molar-refractivity contribution is 7.80. The molecule has 122 valence electrons. The van der Waals surface area contributed by atoms with Crippen LogP contribution >= 0.6 is 35.4 Å². The number of halogens is 5. The molecule has 3 nitrogen and oxygen atoms in total. The summed E-state index contributed by atoms with van der Waals surface area (Å²) >= 11 is 16.5. The summed E-state index contributed by atoms with van der Waals surface area (Å²) in [5, 5.41) is 14.8. The molecule has 23 heavy (non-hydrogen) atoms. The summed E-state index contributed by atoms with van der Waals surface area (Å²) in [4.78, 5) is 0. The molecule has 0 saturated heterocycles. The summed E-state index contributed by atoms with van der Waals surface area (Å²) in [6, 6.07) is 7.53. The van der Waals surface area contributed by atoms with Crippen LogP contribution in [0.15, 0.2) is 36.4 Å². The largest absolute Gasteiger partial charge is 0.504 e. The van der Waals surface area contributed by atoms with Gasteiger partial charge in [-0.1, -0.05) is 35.3 Å². The van der Waals surface area contributed by atoms with Crippen LogP contribution in [-0.4, -0.2) is 10.2 Å². The smallest absolute Gasteiger partial charge is 0.418 e. The zero-order chi connectivity index (χ0) is 17.2. The van der Waals surface area contributed by atoms with Gasteiger partial charge in [0.25, 0.3) is 0 Å². The van der Waals surface area contributed by atoms with Crippen molar-refractivity contribution in [2.75, 3.05) is 10.6 Å². The molecule has 0 fully saturated rings. The molecule has 0 unspecified atom stereocenters. The number of phenols is 1. The maximum atomic E-state index is 12.9. The fourth-order valence-corrected chi connectivity index (χ4v) is 2.49. The molecule has 0 aliphatic rings. The van der Waals surface area contributed by atoms with E-state index >= 15 is 0 Å². The van der Waals surface area contributed by atoms with E-state index in [9.17, 15) is 18.3 Å². The van der Waals surface area contributed by atoms with Crippen molar-refractivity contribution in [3.05, 3.63) is 52.0 Å². The molecular formula is C14H9Cl2F3N2OS. The van der Waals surface area contributed by atoms with Gasteiger partial charge in [-0.2, -0.15) is 13.2 Å². The Bertz CT molecular complexity index is 753. The van der Waals surface area contributed by atoms with Crippen LogP contribution in [0, 0.1) is 0 Å². The topological polar surface area (TPSA) is 44.3 Å². The van der Waals surface area contributed by atoms with Gasteiger partial charge >= 0.3 is 6.18 Å². The van der Waals surface area contributed by atoms with Crippen LogP contribution in [0.25, 0.3) is 0 Å². The Kier molecular flexibility index (Phi) is 5.23. The van der Waals surface area contributed by atoms with Crippen LogP contribution in [0.3, 0.4) is 0 Å². The first-order chi connectivity index (χ1) is 10.7. The fraction of sp³-hybridized carbons (Fsp3) is 0.0714. The molecule has 2 rings (SSSR count). The summed E-state index contributed by atoms with van der Waals surface area (Å²) in [7, 11) is 0. The predicted molar refractivity (Wildman–Crippen MR) is 89.4 cm³/mol. The highest BCUT2D eigenvalue weighted by Crippen LogP contribution is 2.36. The maximum absolute atomic E-state index is 12.9. The molecule has 0 atom stereocenters. The molecule has 0 spiro atoms. The number of hydrogen-bond donors (Lipinski definition) is 3. The molecule has 0 aliphatic carbocycles. The SMILES string of the molecule is Oc1c(Cl)cc(Cl)cc1NC(=S)Nc1ccccc1C(F)(F)F. The van der Waals surface area contributed by atoms with Crippen molar-refractivity contribution >= 4 is 51.9 Å². The van der Waals surface area contributed by atoms with Gasteiger partial charge in [0, 0.05) is 5.02 Å². The average molecular weight is 381 g/mol. The Hall–Kier alpha value is -1.70. The van der Waals surface area contributed by atoms with Crippen molar-refractivity contribution in [1.82, 2.24) is 0 Å². The number of phenolic OH excluding ortho intramolecular Hbond substituents is 1. The van der Waals surface area contributed by atoms with Gasteiger partial charge in [-0.3, -0.25) is 0 Å². The monoisotopic (exact) mass is 380 g/mol. The van der Waals surface area contributed by atoms with Gasteiger partial charge in [-0.15, -0.1) is 0 Å². The average Bonchev–Trinajstić information content (AvgIpc) is 2.43. The number of anilines is 2. The summed E-state index contributed by atoms with van der Waals surface area (Å²) in [5.74, 6) is -0.315. The van der Waals surface area contributed by atoms with Crippen LogP contribution in [-0.2, 0) is 6.18 Å². The minimum atomic E-state index is -4.53. The second-order valence-electron chi connectivity index (χ2n) is 4.41. The minimum Gasteiger partial charge on any atom is -0.504 e. The molecular weight excluding hydrogens is 372 g/mol.